The fourth-order valence-corrected chi connectivity index (χ4v) is 5.81. The van der Waals surface area contributed by atoms with Gasteiger partial charge in [-0.25, -0.2) is 0 Å². The summed E-state index contributed by atoms with van der Waals surface area (Å²) in [5.41, 5.74) is 4.32. The molecule has 0 saturated heterocycles. The van der Waals surface area contributed by atoms with E-state index in [2.05, 4.69) is 31.2 Å². The quantitative estimate of drug-likeness (QED) is 0.779. The molecule has 0 spiro atoms. The van der Waals surface area contributed by atoms with Crippen LogP contribution in [0.1, 0.15) is 61.6 Å². The molecule has 2 fully saturated rings. The summed E-state index contributed by atoms with van der Waals surface area (Å²) in [7, 11) is 0. The van der Waals surface area contributed by atoms with Crippen molar-refractivity contribution in [1.29, 1.82) is 5.26 Å². The zero-order valence-electron chi connectivity index (χ0n) is 13.8. The number of hydrogen-bond donors (Lipinski definition) is 1. The Balaban J connectivity index is 1.65. The Morgan fingerprint density at radius 3 is 2.96 bits per heavy atom. The third kappa shape index (κ3) is 2.25. The molecule has 1 N–H and O–H groups in total. The molecule has 3 aliphatic carbocycles. The number of nitriles is 1. The van der Waals surface area contributed by atoms with Crippen LogP contribution < -0.4 is 0 Å². The lowest BCUT2D eigenvalue weighted by atomic mass is 9.55. The second-order valence-electron chi connectivity index (χ2n) is 7.97. The summed E-state index contributed by atoms with van der Waals surface area (Å²) in [5, 5.41) is 19.1. The molecule has 0 amide bonds. The lowest BCUT2D eigenvalue weighted by Crippen LogP contribution is -2.43. The van der Waals surface area contributed by atoms with Crippen molar-refractivity contribution in [3.8, 4) is 6.07 Å². The van der Waals surface area contributed by atoms with Crippen LogP contribution in [0.15, 0.2) is 24.3 Å². The molecular formula is C21H25NO. The summed E-state index contributed by atoms with van der Waals surface area (Å²) in [6, 6.07) is 8.81. The van der Waals surface area contributed by atoms with Gasteiger partial charge in [0.05, 0.1) is 12.2 Å². The Hall–Kier alpha value is -1.59. The molecule has 2 heteroatoms. The van der Waals surface area contributed by atoms with Gasteiger partial charge in [0.1, 0.15) is 0 Å². The van der Waals surface area contributed by atoms with Crippen LogP contribution in [0.4, 0.5) is 0 Å². The van der Waals surface area contributed by atoms with Crippen LogP contribution in [0.5, 0.6) is 0 Å². The fourth-order valence-electron chi connectivity index (χ4n) is 5.81. The average Bonchev–Trinajstić information content (AvgIpc) is 2.88. The number of nitrogens with zero attached hydrogens (tertiary/aromatic N) is 1. The molecule has 0 aliphatic heterocycles. The molecule has 23 heavy (non-hydrogen) atoms. The normalized spacial score (nSPS) is 38.7. The zero-order chi connectivity index (χ0) is 16.0. The summed E-state index contributed by atoms with van der Waals surface area (Å²) in [6.07, 6.45) is 10.4. The van der Waals surface area contributed by atoms with Crippen LogP contribution in [-0.2, 0) is 6.42 Å². The molecule has 2 nitrogen and oxygen atoms in total. The minimum absolute atomic E-state index is 0.0895. The Kier molecular flexibility index (Phi) is 3.58. The second-order valence-corrected chi connectivity index (χ2v) is 7.97. The van der Waals surface area contributed by atoms with Crippen molar-refractivity contribution < 1.29 is 5.11 Å². The molecule has 4 rings (SSSR count). The van der Waals surface area contributed by atoms with Crippen molar-refractivity contribution >= 4 is 6.08 Å². The van der Waals surface area contributed by atoms with E-state index >= 15 is 0 Å². The first-order valence-corrected chi connectivity index (χ1v) is 9.00. The summed E-state index contributed by atoms with van der Waals surface area (Å²) in [4.78, 5) is 0. The maximum Gasteiger partial charge on any atom is 0.0912 e. The summed E-state index contributed by atoms with van der Waals surface area (Å²) < 4.78 is 0. The maximum absolute atomic E-state index is 10.5. The van der Waals surface area contributed by atoms with Gasteiger partial charge in [-0.2, -0.15) is 5.26 Å². The largest absolute Gasteiger partial charge is 0.393 e. The highest BCUT2D eigenvalue weighted by Crippen LogP contribution is 2.60. The SMILES string of the molecule is C[C@]12CC[C@@H]3c4ccc(/C=C/C#N)cc4CC[C@H]3[C@@H]1CC[C@@H]2O. The molecule has 5 atom stereocenters. The predicted octanol–water partition coefficient (Wildman–Crippen LogP) is 4.44. The first kappa shape index (κ1) is 15.0. The Bertz CT molecular complexity index is 686. The molecule has 0 bridgehead atoms. The Morgan fingerprint density at radius 2 is 2.13 bits per heavy atom. The topological polar surface area (TPSA) is 44.0 Å². The number of rotatable bonds is 1. The number of hydrogen-bond acceptors (Lipinski definition) is 2. The van der Waals surface area contributed by atoms with Crippen LogP contribution in [0.2, 0.25) is 0 Å². The van der Waals surface area contributed by atoms with E-state index in [1.54, 1.807) is 11.6 Å². The smallest absolute Gasteiger partial charge is 0.0912 e. The van der Waals surface area contributed by atoms with Crippen molar-refractivity contribution in [2.45, 2.75) is 57.5 Å². The zero-order valence-corrected chi connectivity index (χ0v) is 13.8. The van der Waals surface area contributed by atoms with Crippen molar-refractivity contribution in [2.75, 3.05) is 0 Å². The lowest BCUT2D eigenvalue weighted by molar-refractivity contribution is -0.0226. The van der Waals surface area contributed by atoms with E-state index in [4.69, 9.17) is 5.26 Å². The van der Waals surface area contributed by atoms with Gasteiger partial charge in [0.2, 0.25) is 0 Å². The first-order chi connectivity index (χ1) is 11.1. The highest BCUT2D eigenvalue weighted by atomic mass is 16.3. The molecule has 3 aliphatic rings. The summed E-state index contributed by atoms with van der Waals surface area (Å²) in [5.74, 6) is 2.12. The number of aliphatic hydroxyl groups is 1. The van der Waals surface area contributed by atoms with Crippen LogP contribution in [0.25, 0.3) is 6.08 Å². The molecule has 1 aromatic rings. The highest BCUT2D eigenvalue weighted by Gasteiger charge is 2.54. The molecular weight excluding hydrogens is 282 g/mol. The van der Waals surface area contributed by atoms with Gasteiger partial charge >= 0.3 is 0 Å². The van der Waals surface area contributed by atoms with Crippen LogP contribution in [-0.4, -0.2) is 11.2 Å². The monoisotopic (exact) mass is 307 g/mol. The van der Waals surface area contributed by atoms with Crippen molar-refractivity contribution in [1.82, 2.24) is 0 Å². The average molecular weight is 307 g/mol. The Morgan fingerprint density at radius 1 is 1.26 bits per heavy atom. The molecule has 1 aromatic carbocycles. The lowest BCUT2D eigenvalue weighted by Gasteiger charge is -2.50. The Labute approximate surface area is 138 Å². The van der Waals surface area contributed by atoms with E-state index < -0.39 is 0 Å². The van der Waals surface area contributed by atoms with Gasteiger partial charge in [-0.3, -0.25) is 0 Å². The number of allylic oxidation sites excluding steroid dienone is 1. The summed E-state index contributed by atoms with van der Waals surface area (Å²) >= 11 is 0. The highest BCUT2D eigenvalue weighted by molar-refractivity contribution is 5.55. The molecule has 0 radical (unpaired) electrons. The minimum Gasteiger partial charge on any atom is -0.393 e. The molecule has 0 unspecified atom stereocenters. The van der Waals surface area contributed by atoms with Gasteiger partial charge in [-0.15, -0.1) is 0 Å². The molecule has 2 saturated carbocycles. The summed E-state index contributed by atoms with van der Waals surface area (Å²) in [6.45, 7) is 2.33. The van der Waals surface area contributed by atoms with Crippen molar-refractivity contribution in [3.05, 3.63) is 41.0 Å². The van der Waals surface area contributed by atoms with Crippen molar-refractivity contribution in [2.24, 2.45) is 17.3 Å². The fraction of sp³-hybridized carbons (Fsp3) is 0.571. The minimum atomic E-state index is -0.0895. The van der Waals surface area contributed by atoms with Crippen LogP contribution in [0, 0.1) is 28.6 Å². The van der Waals surface area contributed by atoms with Gasteiger partial charge in [0, 0.05) is 6.08 Å². The van der Waals surface area contributed by atoms with Gasteiger partial charge in [0.25, 0.3) is 0 Å². The van der Waals surface area contributed by atoms with Crippen molar-refractivity contribution in [3.63, 3.8) is 0 Å². The van der Waals surface area contributed by atoms with E-state index in [-0.39, 0.29) is 11.5 Å². The van der Waals surface area contributed by atoms with Gasteiger partial charge < -0.3 is 5.11 Å². The van der Waals surface area contributed by atoms with Crippen LogP contribution in [0.3, 0.4) is 0 Å². The number of benzene rings is 1. The van der Waals surface area contributed by atoms with Gasteiger partial charge in [0.15, 0.2) is 0 Å². The molecule has 0 aromatic heterocycles. The predicted molar refractivity (Wildman–Crippen MR) is 91.7 cm³/mol. The molecule has 120 valence electrons. The first-order valence-electron chi connectivity index (χ1n) is 9.00. The maximum atomic E-state index is 10.5. The standard InChI is InChI=1S/C21H25NO/c1-21-11-10-17-16-6-4-14(3-2-12-22)13-15(16)5-7-18(17)19(21)8-9-20(21)23/h2-4,6,13,17-20,23H,5,7-11H2,1H3/b3-2+/t17-,18-,19+,20+,21+/m1/s1. The van der Waals surface area contributed by atoms with Crippen LogP contribution >= 0.6 is 0 Å². The van der Waals surface area contributed by atoms with E-state index in [0.717, 1.165) is 30.7 Å². The van der Waals surface area contributed by atoms with E-state index in [1.165, 1.54) is 24.8 Å². The third-order valence-corrected chi connectivity index (χ3v) is 7.05. The third-order valence-electron chi connectivity index (χ3n) is 7.05. The number of fused-ring (bicyclic) bond motifs is 5. The van der Waals surface area contributed by atoms with E-state index in [1.807, 2.05) is 6.08 Å². The van der Waals surface area contributed by atoms with E-state index in [9.17, 15) is 5.11 Å². The second kappa shape index (κ2) is 5.49. The number of aryl methyl sites for hydroxylation is 1. The molecule has 0 heterocycles. The van der Waals surface area contributed by atoms with Gasteiger partial charge in [-0.05, 0) is 84.5 Å². The number of aliphatic hydroxyl groups excluding tert-OH is 1. The van der Waals surface area contributed by atoms with E-state index in [0.29, 0.717) is 11.8 Å². The van der Waals surface area contributed by atoms with Gasteiger partial charge in [-0.1, -0.05) is 25.1 Å².